The molecule has 1 aliphatic rings. The molecule has 37 heavy (non-hydrogen) atoms. The third kappa shape index (κ3) is 4.41. The highest BCUT2D eigenvalue weighted by atomic mass is 19.4. The van der Waals surface area contributed by atoms with Crippen LogP contribution in [0.2, 0.25) is 0 Å². The lowest BCUT2D eigenvalue weighted by atomic mass is 10.1. The summed E-state index contributed by atoms with van der Waals surface area (Å²) in [5.41, 5.74) is 5.55. The number of nitrogens with two attached hydrogens (primary N) is 1. The summed E-state index contributed by atoms with van der Waals surface area (Å²) in [4.78, 5) is 34.5. The van der Waals surface area contributed by atoms with E-state index < -0.39 is 23.5 Å². The van der Waals surface area contributed by atoms with E-state index >= 15 is 4.39 Å². The molecule has 13 heteroatoms. The van der Waals surface area contributed by atoms with Gasteiger partial charge in [0.25, 0.3) is 5.91 Å². The van der Waals surface area contributed by atoms with Gasteiger partial charge in [-0.2, -0.15) is 18.3 Å². The van der Waals surface area contributed by atoms with Gasteiger partial charge in [0, 0.05) is 37.7 Å². The van der Waals surface area contributed by atoms with E-state index in [1.165, 1.54) is 22.0 Å². The molecule has 0 aliphatic carbocycles. The molecule has 1 aromatic carbocycles. The Kier molecular flexibility index (Phi) is 5.92. The highest BCUT2D eigenvalue weighted by Crippen LogP contribution is 2.31. The summed E-state index contributed by atoms with van der Waals surface area (Å²) in [6.07, 6.45) is -0.991. The highest BCUT2D eigenvalue weighted by Gasteiger charge is 2.33. The van der Waals surface area contributed by atoms with E-state index in [0.717, 1.165) is 23.2 Å². The number of hydrogen-bond acceptors (Lipinski definition) is 6. The van der Waals surface area contributed by atoms with Gasteiger partial charge in [-0.05, 0) is 31.0 Å². The van der Waals surface area contributed by atoms with E-state index in [0.29, 0.717) is 35.3 Å². The summed E-state index contributed by atoms with van der Waals surface area (Å²) in [7, 11) is 1.67. The number of anilines is 1. The molecule has 2 N–H and O–H groups in total. The maximum Gasteiger partial charge on any atom is 0.417 e. The summed E-state index contributed by atoms with van der Waals surface area (Å²) in [6, 6.07) is 4.37. The van der Waals surface area contributed by atoms with Crippen LogP contribution in [0, 0.1) is 5.82 Å². The van der Waals surface area contributed by atoms with Crippen molar-refractivity contribution >= 4 is 39.4 Å². The van der Waals surface area contributed by atoms with Gasteiger partial charge in [0.2, 0.25) is 5.91 Å². The van der Waals surface area contributed by atoms with Gasteiger partial charge in [0.15, 0.2) is 0 Å². The number of carbonyl (C=O) groups excluding carboxylic acids is 2. The van der Waals surface area contributed by atoms with E-state index in [1.54, 1.807) is 7.05 Å². The lowest BCUT2D eigenvalue weighted by Gasteiger charge is -2.37. The predicted octanol–water partition coefficient (Wildman–Crippen LogP) is 3.83. The highest BCUT2D eigenvalue weighted by molar-refractivity contribution is 6.10. The Balaban J connectivity index is 1.59. The number of carbonyl (C=O) groups is 2. The number of piperidine rings is 1. The predicted molar refractivity (Wildman–Crippen MR) is 125 cm³/mol. The molecule has 0 saturated carbocycles. The number of nitrogen functional groups attached to an aromatic ring is 1. The van der Waals surface area contributed by atoms with Crippen LogP contribution in [0.5, 0.6) is 0 Å². The zero-order chi connectivity index (χ0) is 26.5. The number of rotatable bonds is 4. The van der Waals surface area contributed by atoms with Crippen LogP contribution in [0.15, 0.2) is 36.7 Å². The second-order valence-electron chi connectivity index (χ2n) is 8.75. The van der Waals surface area contributed by atoms with E-state index in [-0.39, 0.29) is 48.0 Å². The fourth-order valence-corrected chi connectivity index (χ4v) is 4.44. The van der Waals surface area contributed by atoms with Crippen molar-refractivity contribution in [3.8, 4) is 0 Å². The minimum atomic E-state index is -4.58. The van der Waals surface area contributed by atoms with Gasteiger partial charge in [-0.3, -0.25) is 24.3 Å². The number of aryl methyl sites for hydroxylation is 1. The van der Waals surface area contributed by atoms with Crippen LogP contribution < -0.4 is 5.73 Å². The molecule has 1 saturated heterocycles. The van der Waals surface area contributed by atoms with Gasteiger partial charge in [-0.25, -0.2) is 14.4 Å². The third-order valence-electron chi connectivity index (χ3n) is 6.31. The fourth-order valence-electron chi connectivity index (χ4n) is 4.44. The maximum atomic E-state index is 15.3. The summed E-state index contributed by atoms with van der Waals surface area (Å²) in [5.74, 6) is -1.93. The quantitative estimate of drug-likeness (QED) is 0.414. The summed E-state index contributed by atoms with van der Waals surface area (Å²) >= 11 is 0. The molecule has 4 heterocycles. The zero-order valence-electron chi connectivity index (χ0n) is 19.6. The Morgan fingerprint density at radius 3 is 2.62 bits per heavy atom. The molecule has 2 amide bonds. The first-order valence-corrected chi connectivity index (χ1v) is 11.4. The van der Waals surface area contributed by atoms with Gasteiger partial charge in [-0.1, -0.05) is 0 Å². The topological polar surface area (TPSA) is 110 Å². The summed E-state index contributed by atoms with van der Waals surface area (Å²) < 4.78 is 55.7. The van der Waals surface area contributed by atoms with Crippen LogP contribution >= 0.6 is 0 Å². The van der Waals surface area contributed by atoms with Crippen molar-refractivity contribution in [1.82, 2.24) is 29.8 Å². The van der Waals surface area contributed by atoms with Crippen molar-refractivity contribution in [2.24, 2.45) is 7.05 Å². The van der Waals surface area contributed by atoms with Gasteiger partial charge < -0.3 is 5.73 Å². The number of hydrazine groups is 1. The first kappa shape index (κ1) is 24.4. The molecule has 0 atom stereocenters. The van der Waals surface area contributed by atoms with Crippen LogP contribution in [-0.2, 0) is 24.6 Å². The molecule has 5 rings (SSSR count). The lowest BCUT2D eigenvalue weighted by Crippen LogP contribution is -2.51. The smallest absolute Gasteiger partial charge is 0.383 e. The standard InChI is InChI=1S/C24H21F4N7O2/c1-33-21-16-8-15(18(25)9-19(16)32-22(29)17(21)11-31-33)23(37)35(34-7-3-2-4-20(34)36)12-14-6-5-13(10-30-14)24(26,27)28/h5-6,8-11H,2-4,7,12H2,1H3,(H2,29,32). The Morgan fingerprint density at radius 1 is 1.16 bits per heavy atom. The van der Waals surface area contributed by atoms with Crippen LogP contribution in [0.1, 0.15) is 40.9 Å². The number of fused-ring (bicyclic) bond motifs is 3. The normalized spacial score (nSPS) is 14.5. The van der Waals surface area contributed by atoms with Crippen LogP contribution in [-0.4, -0.2) is 48.1 Å². The van der Waals surface area contributed by atoms with Gasteiger partial charge in [0.1, 0.15) is 11.6 Å². The molecule has 0 spiro atoms. The molecular formula is C24H21F4N7O2. The second kappa shape index (κ2) is 8.98. The number of halogens is 4. The van der Waals surface area contributed by atoms with Crippen LogP contribution in [0.3, 0.4) is 0 Å². The molecule has 192 valence electrons. The number of hydrogen-bond donors (Lipinski definition) is 1. The summed E-state index contributed by atoms with van der Waals surface area (Å²) in [6.45, 7) is -0.133. The number of nitrogens with zero attached hydrogens (tertiary/aromatic N) is 6. The Morgan fingerprint density at radius 2 is 1.95 bits per heavy atom. The first-order valence-electron chi connectivity index (χ1n) is 11.4. The number of benzene rings is 1. The molecule has 1 aliphatic heterocycles. The SMILES string of the molecule is Cn1ncc2c(N)nc3cc(F)c(C(=O)N(Cc4ccc(C(F)(F)F)cn4)N4CCCCC4=O)cc3c21. The fraction of sp³-hybridized carbons (Fsp3) is 0.292. The molecule has 9 nitrogen and oxygen atoms in total. The van der Waals surface area contributed by atoms with E-state index in [4.69, 9.17) is 5.73 Å². The zero-order valence-corrected chi connectivity index (χ0v) is 19.6. The van der Waals surface area contributed by atoms with Crippen molar-refractivity contribution < 1.29 is 27.2 Å². The Bertz CT molecular complexity index is 1530. The van der Waals surface area contributed by atoms with Gasteiger partial charge >= 0.3 is 6.18 Å². The molecule has 0 unspecified atom stereocenters. The largest absolute Gasteiger partial charge is 0.417 e. The van der Waals surface area contributed by atoms with Crippen molar-refractivity contribution in [2.45, 2.75) is 32.0 Å². The van der Waals surface area contributed by atoms with Crippen molar-refractivity contribution in [3.05, 3.63) is 59.3 Å². The van der Waals surface area contributed by atoms with Crippen molar-refractivity contribution in [1.29, 1.82) is 0 Å². The van der Waals surface area contributed by atoms with E-state index in [1.807, 2.05) is 0 Å². The molecule has 0 bridgehead atoms. The average Bonchev–Trinajstić information content (AvgIpc) is 3.24. The Labute approximate surface area is 207 Å². The number of amides is 2. The molecule has 0 radical (unpaired) electrons. The Hall–Kier alpha value is -4.29. The third-order valence-corrected chi connectivity index (χ3v) is 6.31. The van der Waals surface area contributed by atoms with E-state index in [9.17, 15) is 22.8 Å². The minimum Gasteiger partial charge on any atom is -0.383 e. The van der Waals surface area contributed by atoms with Crippen LogP contribution in [0.4, 0.5) is 23.4 Å². The van der Waals surface area contributed by atoms with Crippen molar-refractivity contribution in [2.75, 3.05) is 12.3 Å². The van der Waals surface area contributed by atoms with Crippen LogP contribution in [0.25, 0.3) is 21.8 Å². The number of alkyl halides is 3. The minimum absolute atomic E-state index is 0.101. The molecule has 3 aromatic heterocycles. The molecular weight excluding hydrogens is 494 g/mol. The average molecular weight is 515 g/mol. The lowest BCUT2D eigenvalue weighted by molar-refractivity contribution is -0.148. The van der Waals surface area contributed by atoms with Crippen molar-refractivity contribution in [3.63, 3.8) is 0 Å². The number of aromatic nitrogens is 4. The van der Waals surface area contributed by atoms with Gasteiger partial charge in [0.05, 0.1) is 46.0 Å². The molecule has 1 fully saturated rings. The first-order chi connectivity index (χ1) is 17.5. The maximum absolute atomic E-state index is 15.3. The van der Waals surface area contributed by atoms with E-state index in [2.05, 4.69) is 15.1 Å². The second-order valence-corrected chi connectivity index (χ2v) is 8.75. The molecule has 4 aromatic rings. The monoisotopic (exact) mass is 515 g/mol. The number of pyridine rings is 2. The van der Waals surface area contributed by atoms with Gasteiger partial charge in [-0.15, -0.1) is 0 Å². The summed E-state index contributed by atoms with van der Waals surface area (Å²) in [5, 5.41) is 7.35.